The maximum atomic E-state index is 6.10. The van der Waals surface area contributed by atoms with Crippen LogP contribution in [0.3, 0.4) is 0 Å². The largest absolute Gasteiger partial charge is 0.370 e. The Labute approximate surface area is 107 Å². The standard InChI is InChI=1S/C16H28O/c1-4-7-9-11-15-13-14(6-3)16(17-15)12-10-8-5-2/h6,10,12,14-16H,3-5,7-9,11,13H2,1-2H3/b12-10+/t14-,15+,16-/m1/s1. The Balaban J connectivity index is 2.35. The maximum Gasteiger partial charge on any atom is 0.0822 e. The Morgan fingerprint density at radius 1 is 1.24 bits per heavy atom. The molecule has 1 fully saturated rings. The zero-order valence-electron chi connectivity index (χ0n) is 11.5. The quantitative estimate of drug-likeness (QED) is 0.431. The second-order valence-electron chi connectivity index (χ2n) is 5.07. The van der Waals surface area contributed by atoms with Gasteiger partial charge in [-0.25, -0.2) is 0 Å². The van der Waals surface area contributed by atoms with E-state index in [0.29, 0.717) is 12.0 Å². The molecule has 0 amide bonds. The predicted octanol–water partition coefficient (Wildman–Crippen LogP) is 4.88. The van der Waals surface area contributed by atoms with Crippen molar-refractivity contribution in [3.05, 3.63) is 24.8 Å². The Bertz CT molecular complexity index is 232. The van der Waals surface area contributed by atoms with Crippen molar-refractivity contribution in [2.24, 2.45) is 5.92 Å². The number of hydrogen-bond donors (Lipinski definition) is 0. The molecule has 0 spiro atoms. The summed E-state index contributed by atoms with van der Waals surface area (Å²) in [6.45, 7) is 8.39. The fourth-order valence-corrected chi connectivity index (χ4v) is 2.44. The average Bonchev–Trinajstić information content (AvgIpc) is 2.72. The third-order valence-corrected chi connectivity index (χ3v) is 3.52. The number of ether oxygens (including phenoxy) is 1. The normalized spacial score (nSPS) is 28.9. The minimum absolute atomic E-state index is 0.283. The van der Waals surface area contributed by atoms with E-state index in [4.69, 9.17) is 4.74 Å². The smallest absolute Gasteiger partial charge is 0.0822 e. The molecule has 3 atom stereocenters. The molecule has 0 N–H and O–H groups in total. The first-order valence-electron chi connectivity index (χ1n) is 7.26. The highest BCUT2D eigenvalue weighted by Crippen LogP contribution is 2.31. The van der Waals surface area contributed by atoms with Crippen molar-refractivity contribution in [2.45, 2.75) is 71.0 Å². The molecule has 1 heterocycles. The lowest BCUT2D eigenvalue weighted by molar-refractivity contribution is 0.0595. The minimum Gasteiger partial charge on any atom is -0.370 e. The van der Waals surface area contributed by atoms with Gasteiger partial charge in [-0.15, -0.1) is 6.58 Å². The molecule has 98 valence electrons. The van der Waals surface area contributed by atoms with Crippen molar-refractivity contribution >= 4 is 0 Å². The highest BCUT2D eigenvalue weighted by atomic mass is 16.5. The summed E-state index contributed by atoms with van der Waals surface area (Å²) in [7, 11) is 0. The molecule has 0 aromatic rings. The molecule has 0 aromatic carbocycles. The Morgan fingerprint density at radius 2 is 2.06 bits per heavy atom. The Kier molecular flexibility index (Phi) is 7.27. The summed E-state index contributed by atoms with van der Waals surface area (Å²) in [5.41, 5.74) is 0. The van der Waals surface area contributed by atoms with Crippen molar-refractivity contribution < 1.29 is 4.74 Å². The van der Waals surface area contributed by atoms with Crippen LogP contribution in [0.15, 0.2) is 24.8 Å². The molecule has 1 aliphatic heterocycles. The van der Waals surface area contributed by atoms with Crippen molar-refractivity contribution in [2.75, 3.05) is 0 Å². The molecule has 0 saturated carbocycles. The highest BCUT2D eigenvalue weighted by Gasteiger charge is 2.30. The van der Waals surface area contributed by atoms with Crippen LogP contribution in [0.1, 0.15) is 58.8 Å². The van der Waals surface area contributed by atoms with Gasteiger partial charge < -0.3 is 4.74 Å². The molecule has 0 radical (unpaired) electrons. The molecule has 1 aliphatic rings. The lowest BCUT2D eigenvalue weighted by atomic mass is 9.97. The van der Waals surface area contributed by atoms with Gasteiger partial charge in [0.2, 0.25) is 0 Å². The van der Waals surface area contributed by atoms with Crippen LogP contribution < -0.4 is 0 Å². The molecule has 1 saturated heterocycles. The lowest BCUT2D eigenvalue weighted by Gasteiger charge is -2.11. The van der Waals surface area contributed by atoms with Crippen LogP contribution in [-0.2, 0) is 4.74 Å². The van der Waals surface area contributed by atoms with Gasteiger partial charge in [-0.05, 0) is 19.3 Å². The van der Waals surface area contributed by atoms with Gasteiger partial charge in [0.1, 0.15) is 0 Å². The Hall–Kier alpha value is -0.560. The van der Waals surface area contributed by atoms with E-state index in [1.54, 1.807) is 0 Å². The van der Waals surface area contributed by atoms with Gasteiger partial charge >= 0.3 is 0 Å². The number of allylic oxidation sites excluding steroid dienone is 1. The summed E-state index contributed by atoms with van der Waals surface area (Å²) >= 11 is 0. The maximum absolute atomic E-state index is 6.10. The van der Waals surface area contributed by atoms with Crippen molar-refractivity contribution in [3.63, 3.8) is 0 Å². The van der Waals surface area contributed by atoms with Crippen LogP contribution in [0.5, 0.6) is 0 Å². The summed E-state index contributed by atoms with van der Waals surface area (Å²) in [6, 6.07) is 0. The molecular weight excluding hydrogens is 208 g/mol. The highest BCUT2D eigenvalue weighted by molar-refractivity contribution is 5.03. The van der Waals surface area contributed by atoms with E-state index >= 15 is 0 Å². The van der Waals surface area contributed by atoms with E-state index in [0.717, 1.165) is 12.8 Å². The van der Waals surface area contributed by atoms with Crippen LogP contribution in [0.2, 0.25) is 0 Å². The van der Waals surface area contributed by atoms with Crippen molar-refractivity contribution in [1.82, 2.24) is 0 Å². The molecule has 1 nitrogen and oxygen atoms in total. The molecule has 0 bridgehead atoms. The summed E-state index contributed by atoms with van der Waals surface area (Å²) in [6.07, 6.45) is 16.0. The Morgan fingerprint density at radius 3 is 2.71 bits per heavy atom. The molecule has 1 heteroatoms. The monoisotopic (exact) mass is 236 g/mol. The predicted molar refractivity (Wildman–Crippen MR) is 75.2 cm³/mol. The lowest BCUT2D eigenvalue weighted by Crippen LogP contribution is -2.11. The molecule has 0 aromatic heterocycles. The van der Waals surface area contributed by atoms with Crippen LogP contribution in [0.25, 0.3) is 0 Å². The van der Waals surface area contributed by atoms with Gasteiger partial charge in [-0.3, -0.25) is 0 Å². The fourth-order valence-electron chi connectivity index (χ4n) is 2.44. The van der Waals surface area contributed by atoms with E-state index in [2.05, 4.69) is 38.7 Å². The topological polar surface area (TPSA) is 9.23 Å². The fraction of sp³-hybridized carbons (Fsp3) is 0.750. The second kappa shape index (κ2) is 8.52. The van der Waals surface area contributed by atoms with Crippen LogP contribution in [-0.4, -0.2) is 12.2 Å². The van der Waals surface area contributed by atoms with Crippen molar-refractivity contribution in [1.29, 1.82) is 0 Å². The van der Waals surface area contributed by atoms with Crippen LogP contribution in [0.4, 0.5) is 0 Å². The molecule has 0 aliphatic carbocycles. The number of rotatable bonds is 8. The van der Waals surface area contributed by atoms with Gasteiger partial charge in [0.15, 0.2) is 0 Å². The van der Waals surface area contributed by atoms with Crippen molar-refractivity contribution in [3.8, 4) is 0 Å². The number of hydrogen-bond acceptors (Lipinski definition) is 1. The SMILES string of the molecule is C=C[C@@H]1C[C@H](CCCCC)O[C@@H]1/C=C/CCC. The van der Waals surface area contributed by atoms with Gasteiger partial charge in [-0.1, -0.05) is 57.8 Å². The first-order valence-corrected chi connectivity index (χ1v) is 7.26. The minimum atomic E-state index is 0.283. The molecule has 0 unspecified atom stereocenters. The zero-order valence-corrected chi connectivity index (χ0v) is 11.5. The van der Waals surface area contributed by atoms with E-state index in [1.807, 2.05) is 0 Å². The zero-order chi connectivity index (χ0) is 12.5. The van der Waals surface area contributed by atoms with E-state index in [9.17, 15) is 0 Å². The number of unbranched alkanes of at least 4 members (excludes halogenated alkanes) is 3. The first-order chi connectivity index (χ1) is 8.31. The second-order valence-corrected chi connectivity index (χ2v) is 5.07. The third kappa shape index (κ3) is 5.08. The van der Waals surface area contributed by atoms with E-state index in [-0.39, 0.29) is 6.10 Å². The summed E-state index contributed by atoms with van der Waals surface area (Å²) < 4.78 is 6.10. The molecular formula is C16H28O. The summed E-state index contributed by atoms with van der Waals surface area (Å²) in [5.74, 6) is 0.523. The van der Waals surface area contributed by atoms with Gasteiger partial charge in [0.05, 0.1) is 12.2 Å². The van der Waals surface area contributed by atoms with Gasteiger partial charge in [0, 0.05) is 5.92 Å². The van der Waals surface area contributed by atoms with Gasteiger partial charge in [0.25, 0.3) is 0 Å². The third-order valence-electron chi connectivity index (χ3n) is 3.52. The summed E-state index contributed by atoms with van der Waals surface area (Å²) in [4.78, 5) is 0. The first kappa shape index (κ1) is 14.5. The van der Waals surface area contributed by atoms with Gasteiger partial charge in [-0.2, -0.15) is 0 Å². The van der Waals surface area contributed by atoms with E-state index < -0.39 is 0 Å². The molecule has 17 heavy (non-hydrogen) atoms. The van der Waals surface area contributed by atoms with Crippen LogP contribution in [0, 0.1) is 5.92 Å². The van der Waals surface area contributed by atoms with Crippen LogP contribution >= 0.6 is 0 Å². The molecule has 1 rings (SSSR count). The summed E-state index contributed by atoms with van der Waals surface area (Å²) in [5, 5.41) is 0. The average molecular weight is 236 g/mol. The van der Waals surface area contributed by atoms with E-state index in [1.165, 1.54) is 32.1 Å².